The molecule has 1 rings (SSSR count). The molecule has 0 amide bonds. The Bertz CT molecular complexity index is 351. The first-order valence-corrected chi connectivity index (χ1v) is 7.31. The lowest BCUT2D eigenvalue weighted by atomic mass is 10.2. The lowest BCUT2D eigenvalue weighted by Crippen LogP contribution is -2.32. The van der Waals surface area contributed by atoms with Crippen molar-refractivity contribution >= 4 is 5.69 Å². The van der Waals surface area contributed by atoms with E-state index in [0.29, 0.717) is 0 Å². The second-order valence-electron chi connectivity index (χ2n) is 4.42. The van der Waals surface area contributed by atoms with Crippen molar-refractivity contribution in [3.63, 3.8) is 0 Å². The Morgan fingerprint density at radius 2 is 1.80 bits per heavy atom. The third kappa shape index (κ3) is 5.86. The molecule has 20 heavy (non-hydrogen) atoms. The smallest absolute Gasteiger partial charge is 0.0641 e. The van der Waals surface area contributed by atoms with Crippen LogP contribution in [0.15, 0.2) is 18.5 Å². The number of hydrogen-bond acceptors (Lipinski definition) is 5. The summed E-state index contributed by atoms with van der Waals surface area (Å²) in [6.07, 6.45) is 3.75. The summed E-state index contributed by atoms with van der Waals surface area (Å²) in [6.45, 7) is 9.52. The Kier molecular flexibility index (Phi) is 8.95. The van der Waals surface area contributed by atoms with Gasteiger partial charge < -0.3 is 19.7 Å². The normalized spacial score (nSPS) is 10.8. The molecule has 0 spiro atoms. The molecule has 0 saturated carbocycles. The van der Waals surface area contributed by atoms with Crippen LogP contribution in [-0.4, -0.2) is 51.5 Å². The number of ether oxygens (including phenoxy) is 2. The Labute approximate surface area is 122 Å². The monoisotopic (exact) mass is 281 g/mol. The van der Waals surface area contributed by atoms with E-state index in [1.54, 1.807) is 0 Å². The van der Waals surface area contributed by atoms with Gasteiger partial charge in [-0.3, -0.25) is 4.98 Å². The summed E-state index contributed by atoms with van der Waals surface area (Å²) < 4.78 is 11.0. The zero-order valence-electron chi connectivity index (χ0n) is 12.9. The van der Waals surface area contributed by atoms with Gasteiger partial charge in [0.25, 0.3) is 0 Å². The second-order valence-corrected chi connectivity index (χ2v) is 4.42. The van der Waals surface area contributed by atoms with Gasteiger partial charge in [-0.05, 0) is 27.0 Å². The van der Waals surface area contributed by atoms with Gasteiger partial charge in [-0.1, -0.05) is 0 Å². The van der Waals surface area contributed by atoms with E-state index >= 15 is 0 Å². The van der Waals surface area contributed by atoms with Crippen molar-refractivity contribution < 1.29 is 9.47 Å². The summed E-state index contributed by atoms with van der Waals surface area (Å²) in [4.78, 5) is 6.52. The van der Waals surface area contributed by atoms with Crippen LogP contribution in [0.25, 0.3) is 0 Å². The highest BCUT2D eigenvalue weighted by atomic mass is 16.5. The minimum absolute atomic E-state index is 0.726. The number of rotatable bonds is 11. The fraction of sp³-hybridized carbons (Fsp3) is 0.667. The van der Waals surface area contributed by atoms with Gasteiger partial charge in [0.2, 0.25) is 0 Å². The van der Waals surface area contributed by atoms with Crippen molar-refractivity contribution in [3.8, 4) is 0 Å². The number of nitrogens with zero attached hydrogens (tertiary/aromatic N) is 2. The number of hydrogen-bond donors (Lipinski definition) is 1. The van der Waals surface area contributed by atoms with Gasteiger partial charge in [0.1, 0.15) is 0 Å². The van der Waals surface area contributed by atoms with E-state index in [0.717, 1.165) is 46.1 Å². The SMILES string of the molecule is CCOCCN(CCOCC)c1ccncc1CNC. The predicted molar refractivity (Wildman–Crippen MR) is 82.2 cm³/mol. The Balaban J connectivity index is 2.73. The fourth-order valence-electron chi connectivity index (χ4n) is 2.05. The number of aromatic nitrogens is 1. The summed E-state index contributed by atoms with van der Waals surface area (Å²) in [7, 11) is 1.95. The molecule has 5 heteroatoms. The van der Waals surface area contributed by atoms with Crippen LogP contribution >= 0.6 is 0 Å². The van der Waals surface area contributed by atoms with Gasteiger partial charge in [-0.2, -0.15) is 0 Å². The van der Waals surface area contributed by atoms with Crippen molar-refractivity contribution in [1.29, 1.82) is 0 Å². The zero-order valence-corrected chi connectivity index (χ0v) is 12.9. The highest BCUT2D eigenvalue weighted by molar-refractivity contribution is 5.52. The van der Waals surface area contributed by atoms with E-state index < -0.39 is 0 Å². The third-order valence-corrected chi connectivity index (χ3v) is 3.01. The maximum absolute atomic E-state index is 5.48. The summed E-state index contributed by atoms with van der Waals surface area (Å²) >= 11 is 0. The van der Waals surface area contributed by atoms with Crippen LogP contribution < -0.4 is 10.2 Å². The number of anilines is 1. The minimum atomic E-state index is 0.726. The van der Waals surface area contributed by atoms with Crippen LogP contribution in [0, 0.1) is 0 Å². The average Bonchev–Trinajstić information content (AvgIpc) is 2.47. The topological polar surface area (TPSA) is 46.6 Å². The van der Waals surface area contributed by atoms with E-state index in [1.807, 2.05) is 33.3 Å². The third-order valence-electron chi connectivity index (χ3n) is 3.01. The molecule has 0 unspecified atom stereocenters. The van der Waals surface area contributed by atoms with Gasteiger partial charge >= 0.3 is 0 Å². The Morgan fingerprint density at radius 3 is 2.35 bits per heavy atom. The standard InChI is InChI=1S/C15H27N3O2/c1-4-19-10-8-18(9-11-20-5-2)15-6-7-17-13-14(15)12-16-3/h6-7,13,16H,4-5,8-12H2,1-3H3. The predicted octanol–water partition coefficient (Wildman–Crippen LogP) is 1.68. The van der Waals surface area contributed by atoms with Gasteiger partial charge in [-0.25, -0.2) is 0 Å². The molecule has 0 fully saturated rings. The molecule has 0 radical (unpaired) electrons. The lowest BCUT2D eigenvalue weighted by molar-refractivity contribution is 0.141. The molecule has 0 saturated heterocycles. The molecule has 0 aliphatic rings. The van der Waals surface area contributed by atoms with E-state index in [-0.39, 0.29) is 0 Å². The van der Waals surface area contributed by atoms with E-state index in [2.05, 4.69) is 21.3 Å². The van der Waals surface area contributed by atoms with Gasteiger partial charge in [-0.15, -0.1) is 0 Å². The van der Waals surface area contributed by atoms with Gasteiger partial charge in [0, 0.05) is 56.5 Å². The van der Waals surface area contributed by atoms with Crippen LogP contribution in [0.3, 0.4) is 0 Å². The van der Waals surface area contributed by atoms with Crippen molar-refractivity contribution in [1.82, 2.24) is 10.3 Å². The first-order valence-electron chi connectivity index (χ1n) is 7.31. The van der Waals surface area contributed by atoms with Crippen LogP contribution in [-0.2, 0) is 16.0 Å². The summed E-state index contributed by atoms with van der Waals surface area (Å²) in [5.74, 6) is 0. The van der Waals surface area contributed by atoms with E-state index in [9.17, 15) is 0 Å². The van der Waals surface area contributed by atoms with Gasteiger partial charge in [0.05, 0.1) is 13.2 Å². The highest BCUT2D eigenvalue weighted by Gasteiger charge is 2.11. The van der Waals surface area contributed by atoms with Crippen molar-refractivity contribution in [2.75, 3.05) is 51.5 Å². The molecule has 0 bridgehead atoms. The summed E-state index contributed by atoms with van der Waals surface area (Å²) in [5, 5.41) is 3.18. The van der Waals surface area contributed by atoms with Crippen molar-refractivity contribution in [2.45, 2.75) is 20.4 Å². The van der Waals surface area contributed by atoms with Crippen LogP contribution in [0.5, 0.6) is 0 Å². The van der Waals surface area contributed by atoms with Gasteiger partial charge in [0.15, 0.2) is 0 Å². The maximum atomic E-state index is 5.48. The van der Waals surface area contributed by atoms with Crippen LogP contribution in [0.2, 0.25) is 0 Å². The lowest BCUT2D eigenvalue weighted by Gasteiger charge is -2.26. The molecule has 0 aliphatic carbocycles. The Morgan fingerprint density at radius 1 is 1.15 bits per heavy atom. The second kappa shape index (κ2) is 10.6. The minimum Gasteiger partial charge on any atom is -0.380 e. The average molecular weight is 281 g/mol. The molecule has 0 aliphatic heterocycles. The maximum Gasteiger partial charge on any atom is 0.0641 e. The fourth-order valence-corrected chi connectivity index (χ4v) is 2.05. The number of nitrogens with one attached hydrogen (secondary N) is 1. The molecule has 1 N–H and O–H groups in total. The highest BCUT2D eigenvalue weighted by Crippen LogP contribution is 2.19. The molecular formula is C15H27N3O2. The molecule has 114 valence electrons. The molecule has 1 heterocycles. The van der Waals surface area contributed by atoms with Crippen molar-refractivity contribution in [3.05, 3.63) is 24.0 Å². The zero-order chi connectivity index (χ0) is 14.6. The first kappa shape index (κ1) is 16.9. The van der Waals surface area contributed by atoms with Crippen molar-refractivity contribution in [2.24, 2.45) is 0 Å². The molecule has 1 aromatic heterocycles. The number of pyridine rings is 1. The largest absolute Gasteiger partial charge is 0.380 e. The molecule has 5 nitrogen and oxygen atoms in total. The quantitative estimate of drug-likeness (QED) is 0.625. The summed E-state index contributed by atoms with van der Waals surface area (Å²) in [6, 6.07) is 2.06. The van der Waals surface area contributed by atoms with E-state index in [1.165, 1.54) is 11.3 Å². The molecule has 0 aromatic carbocycles. The molecule has 1 aromatic rings. The summed E-state index contributed by atoms with van der Waals surface area (Å²) in [5.41, 5.74) is 2.40. The van der Waals surface area contributed by atoms with Crippen LogP contribution in [0.4, 0.5) is 5.69 Å². The molecule has 0 atom stereocenters. The first-order chi connectivity index (χ1) is 9.83. The molecular weight excluding hydrogens is 254 g/mol. The Hall–Kier alpha value is -1.17. The van der Waals surface area contributed by atoms with E-state index in [4.69, 9.17) is 9.47 Å². The van der Waals surface area contributed by atoms with Crippen LogP contribution in [0.1, 0.15) is 19.4 Å².